The van der Waals surface area contributed by atoms with E-state index in [1.54, 1.807) is 22.7 Å². The number of benzene rings is 1. The van der Waals surface area contributed by atoms with Crippen LogP contribution in [0, 0.1) is 0 Å². The number of rotatable bonds is 3. The third-order valence-corrected chi connectivity index (χ3v) is 9.23. The Bertz CT molecular complexity index is 836. The van der Waals surface area contributed by atoms with Crippen molar-refractivity contribution in [2.24, 2.45) is 0 Å². The predicted molar refractivity (Wildman–Crippen MR) is 103 cm³/mol. The first-order valence-electron chi connectivity index (χ1n) is 8.01. The average molecular weight is 390 g/mol. The SMILES string of the molecule is c1ccc(P(c2scc3c2OCCO3)c2scc3c2OCCO3)cc1. The van der Waals surface area contributed by atoms with Crippen molar-refractivity contribution in [1.29, 1.82) is 0 Å². The van der Waals surface area contributed by atoms with Gasteiger partial charge in [0.1, 0.15) is 26.4 Å². The van der Waals surface area contributed by atoms with Gasteiger partial charge in [0.2, 0.25) is 0 Å². The molecule has 0 atom stereocenters. The highest BCUT2D eigenvalue weighted by Gasteiger charge is 2.32. The summed E-state index contributed by atoms with van der Waals surface area (Å²) in [7, 11) is -0.774. The fourth-order valence-corrected chi connectivity index (χ4v) is 8.62. The van der Waals surface area contributed by atoms with Gasteiger partial charge in [-0.3, -0.25) is 0 Å². The Hall–Kier alpha value is -1.75. The summed E-state index contributed by atoms with van der Waals surface area (Å²) < 4.78 is 25.9. The van der Waals surface area contributed by atoms with Crippen molar-refractivity contribution in [1.82, 2.24) is 0 Å². The molecule has 0 amide bonds. The van der Waals surface area contributed by atoms with Gasteiger partial charge in [0, 0.05) is 18.7 Å². The van der Waals surface area contributed by atoms with E-state index in [2.05, 4.69) is 35.0 Å². The minimum absolute atomic E-state index is 0.594. The van der Waals surface area contributed by atoms with Gasteiger partial charge in [-0.25, -0.2) is 0 Å². The molecule has 0 saturated carbocycles. The molecule has 0 saturated heterocycles. The van der Waals surface area contributed by atoms with Crippen LogP contribution in [0.15, 0.2) is 41.1 Å². The largest absolute Gasteiger partial charge is 0.485 e. The summed E-state index contributed by atoms with van der Waals surface area (Å²) in [6.07, 6.45) is 0. The normalized spacial score (nSPS) is 15.4. The van der Waals surface area contributed by atoms with E-state index in [0.717, 1.165) is 23.0 Å². The van der Waals surface area contributed by atoms with E-state index in [0.29, 0.717) is 26.4 Å². The van der Waals surface area contributed by atoms with Crippen molar-refractivity contribution < 1.29 is 18.9 Å². The first-order chi connectivity index (χ1) is 12.4. The molecule has 7 heteroatoms. The van der Waals surface area contributed by atoms with Gasteiger partial charge in [0.25, 0.3) is 0 Å². The molecule has 0 N–H and O–H groups in total. The quantitative estimate of drug-likeness (QED) is 0.644. The number of ether oxygens (including phenoxy) is 4. The molecule has 0 fully saturated rings. The molecule has 0 aliphatic carbocycles. The summed E-state index contributed by atoms with van der Waals surface area (Å²) in [5, 5.41) is 5.38. The zero-order valence-corrected chi connectivity index (χ0v) is 15.8. The minimum atomic E-state index is -0.774. The zero-order valence-electron chi connectivity index (χ0n) is 13.3. The molecule has 2 aliphatic heterocycles. The smallest absolute Gasteiger partial charge is 0.180 e. The van der Waals surface area contributed by atoms with E-state index in [4.69, 9.17) is 18.9 Å². The van der Waals surface area contributed by atoms with Gasteiger partial charge < -0.3 is 18.9 Å². The molecule has 0 spiro atoms. The maximum Gasteiger partial charge on any atom is 0.180 e. The lowest BCUT2D eigenvalue weighted by atomic mass is 10.4. The van der Waals surface area contributed by atoms with Gasteiger partial charge in [-0.15, -0.1) is 22.7 Å². The van der Waals surface area contributed by atoms with Gasteiger partial charge in [0.15, 0.2) is 23.0 Å². The number of hydrogen-bond donors (Lipinski definition) is 0. The van der Waals surface area contributed by atoms with E-state index in [9.17, 15) is 0 Å². The van der Waals surface area contributed by atoms with Crippen LogP contribution in [0.25, 0.3) is 0 Å². The second-order valence-corrected chi connectivity index (χ2v) is 9.98. The second-order valence-electron chi connectivity index (χ2n) is 5.53. The van der Waals surface area contributed by atoms with Crippen LogP contribution in [0.5, 0.6) is 23.0 Å². The Kier molecular flexibility index (Phi) is 4.04. The van der Waals surface area contributed by atoms with Crippen molar-refractivity contribution in [2.75, 3.05) is 26.4 Å². The molecule has 0 radical (unpaired) electrons. The van der Waals surface area contributed by atoms with Crippen LogP contribution in [-0.2, 0) is 0 Å². The Morgan fingerprint density at radius 2 is 1.20 bits per heavy atom. The molecule has 128 valence electrons. The minimum Gasteiger partial charge on any atom is -0.485 e. The third-order valence-electron chi connectivity index (χ3n) is 3.99. The molecule has 4 heterocycles. The van der Waals surface area contributed by atoms with Crippen LogP contribution in [0.2, 0.25) is 0 Å². The fourth-order valence-electron chi connectivity index (χ4n) is 2.91. The van der Waals surface area contributed by atoms with Crippen molar-refractivity contribution >= 4 is 45.1 Å². The maximum atomic E-state index is 5.97. The molecule has 4 nitrogen and oxygen atoms in total. The Morgan fingerprint density at radius 3 is 1.76 bits per heavy atom. The van der Waals surface area contributed by atoms with Crippen LogP contribution < -0.4 is 33.5 Å². The van der Waals surface area contributed by atoms with Crippen molar-refractivity contribution in [2.45, 2.75) is 0 Å². The third kappa shape index (κ3) is 2.69. The number of thiophene rings is 2. The molecule has 25 heavy (non-hydrogen) atoms. The number of fused-ring (bicyclic) bond motifs is 2. The molecular weight excluding hydrogens is 375 g/mol. The van der Waals surface area contributed by atoms with E-state index >= 15 is 0 Å². The summed E-state index contributed by atoms with van der Waals surface area (Å²) in [6.45, 7) is 2.41. The maximum absolute atomic E-state index is 5.97. The predicted octanol–water partition coefficient (Wildman–Crippen LogP) is 3.11. The highest BCUT2D eigenvalue weighted by molar-refractivity contribution is 7.88. The van der Waals surface area contributed by atoms with Crippen LogP contribution in [-0.4, -0.2) is 26.4 Å². The molecule has 0 unspecified atom stereocenters. The van der Waals surface area contributed by atoms with Gasteiger partial charge >= 0.3 is 0 Å². The van der Waals surface area contributed by atoms with E-state index in [1.165, 1.54) is 14.5 Å². The summed E-state index contributed by atoms with van der Waals surface area (Å²) in [4.78, 5) is 0. The van der Waals surface area contributed by atoms with Gasteiger partial charge in [0.05, 0.1) is 9.24 Å². The first kappa shape index (κ1) is 15.5. The topological polar surface area (TPSA) is 36.9 Å². The van der Waals surface area contributed by atoms with Crippen molar-refractivity contribution in [3.8, 4) is 23.0 Å². The average Bonchev–Trinajstić information content (AvgIpc) is 3.29. The standard InChI is InChI=1S/C18H15O4PS2/c1-2-4-12(5-3-1)23(17-15-13(10-24-17)19-6-8-21-15)18-16-14(11-25-18)20-7-9-22-16/h1-5,10-11H,6-9H2. The molecular formula is C18H15O4PS2. The summed E-state index contributed by atoms with van der Waals surface area (Å²) in [5.41, 5.74) is 0. The molecule has 3 aromatic rings. The highest BCUT2D eigenvalue weighted by atomic mass is 32.1. The summed E-state index contributed by atoms with van der Waals surface area (Å²) in [6, 6.07) is 10.6. The Morgan fingerprint density at radius 1 is 0.680 bits per heavy atom. The van der Waals surface area contributed by atoms with Crippen LogP contribution in [0.4, 0.5) is 0 Å². The molecule has 1 aromatic carbocycles. The Balaban J connectivity index is 1.68. The Labute approximate surface area is 154 Å². The molecule has 2 aromatic heterocycles. The van der Waals surface area contributed by atoms with Crippen LogP contribution >= 0.6 is 30.6 Å². The van der Waals surface area contributed by atoms with Gasteiger partial charge in [-0.2, -0.15) is 0 Å². The summed E-state index contributed by atoms with van der Waals surface area (Å²) in [5.74, 6) is 3.50. The van der Waals surface area contributed by atoms with Crippen LogP contribution in [0.1, 0.15) is 0 Å². The van der Waals surface area contributed by atoms with Crippen LogP contribution in [0.3, 0.4) is 0 Å². The van der Waals surface area contributed by atoms with Crippen molar-refractivity contribution in [3.63, 3.8) is 0 Å². The van der Waals surface area contributed by atoms with Crippen molar-refractivity contribution in [3.05, 3.63) is 41.1 Å². The molecule has 5 rings (SSSR count). The second kappa shape index (κ2) is 6.52. The van der Waals surface area contributed by atoms with Gasteiger partial charge in [-0.1, -0.05) is 30.3 Å². The van der Waals surface area contributed by atoms with Gasteiger partial charge in [-0.05, 0) is 5.30 Å². The monoisotopic (exact) mass is 390 g/mol. The summed E-state index contributed by atoms with van der Waals surface area (Å²) >= 11 is 3.41. The number of hydrogen-bond acceptors (Lipinski definition) is 6. The lowest BCUT2D eigenvalue weighted by molar-refractivity contribution is 0.174. The fraction of sp³-hybridized carbons (Fsp3) is 0.222. The molecule has 2 aliphatic rings. The van der Waals surface area contributed by atoms with E-state index < -0.39 is 7.92 Å². The highest BCUT2D eigenvalue weighted by Crippen LogP contribution is 2.50. The van der Waals surface area contributed by atoms with E-state index in [1.807, 2.05) is 6.07 Å². The zero-order chi connectivity index (χ0) is 16.6. The lowest BCUT2D eigenvalue weighted by Gasteiger charge is -2.23. The molecule has 0 bridgehead atoms. The lowest BCUT2D eigenvalue weighted by Crippen LogP contribution is -2.24. The first-order valence-corrected chi connectivity index (χ1v) is 11.1. The van der Waals surface area contributed by atoms with E-state index in [-0.39, 0.29) is 0 Å².